The first-order chi connectivity index (χ1) is 16.4. The topological polar surface area (TPSA) is 118 Å². The van der Waals surface area contributed by atoms with Crippen LogP contribution in [0.15, 0.2) is 83.6 Å². The van der Waals surface area contributed by atoms with E-state index in [2.05, 4.69) is 31.5 Å². The number of halogens is 1. The van der Waals surface area contributed by atoms with Gasteiger partial charge in [0, 0.05) is 19.0 Å². The number of carboxylic acids is 1. The van der Waals surface area contributed by atoms with Gasteiger partial charge >= 0.3 is 12.1 Å². The molecule has 3 rings (SSSR count). The monoisotopic (exact) mass is 525 g/mol. The molecule has 2 amide bonds. The Morgan fingerprint density at radius 3 is 2.12 bits per heavy atom. The van der Waals surface area contributed by atoms with Crippen LogP contribution < -0.4 is 10.6 Å². The van der Waals surface area contributed by atoms with Crippen LogP contribution in [0.5, 0.6) is 0 Å². The van der Waals surface area contributed by atoms with Crippen LogP contribution in [0.4, 0.5) is 4.79 Å². The Balaban J connectivity index is 1.70. The van der Waals surface area contributed by atoms with Crippen molar-refractivity contribution in [3.63, 3.8) is 0 Å². The molecule has 8 nitrogen and oxygen atoms in total. The average Bonchev–Trinajstić information content (AvgIpc) is 2.84. The molecule has 0 bridgehead atoms. The van der Waals surface area contributed by atoms with Crippen LogP contribution in [-0.2, 0) is 33.8 Å². The molecule has 0 aliphatic heterocycles. The number of ether oxygens (including phenoxy) is 1. The van der Waals surface area contributed by atoms with Crippen molar-refractivity contribution in [3.05, 3.63) is 100 Å². The molecular weight excluding hydrogens is 502 g/mol. The summed E-state index contributed by atoms with van der Waals surface area (Å²) < 4.78 is 5.75. The third-order valence-electron chi connectivity index (χ3n) is 4.98. The van der Waals surface area contributed by atoms with Gasteiger partial charge in [-0.05, 0) is 38.7 Å². The number of nitrogens with one attached hydrogen (secondary N) is 2. The highest BCUT2D eigenvalue weighted by molar-refractivity contribution is 9.10. The summed E-state index contributed by atoms with van der Waals surface area (Å²) in [7, 11) is 0. The van der Waals surface area contributed by atoms with E-state index in [0.717, 1.165) is 11.1 Å². The fraction of sp³-hybridized carbons (Fsp3) is 0.200. The summed E-state index contributed by atoms with van der Waals surface area (Å²) in [4.78, 5) is 41.4. The molecule has 0 saturated heterocycles. The summed E-state index contributed by atoms with van der Waals surface area (Å²) >= 11 is 3.29. The van der Waals surface area contributed by atoms with E-state index in [0.29, 0.717) is 10.2 Å². The molecule has 2 aromatic carbocycles. The Labute approximate surface area is 205 Å². The van der Waals surface area contributed by atoms with E-state index in [1.165, 1.54) is 0 Å². The summed E-state index contributed by atoms with van der Waals surface area (Å²) in [5.74, 6) is -1.83. The van der Waals surface area contributed by atoms with Gasteiger partial charge in [-0.2, -0.15) is 0 Å². The van der Waals surface area contributed by atoms with Gasteiger partial charge < -0.3 is 20.5 Å². The van der Waals surface area contributed by atoms with Gasteiger partial charge in [0.2, 0.25) is 5.91 Å². The normalized spacial score (nSPS) is 12.3. The number of aromatic nitrogens is 1. The highest BCUT2D eigenvalue weighted by Crippen LogP contribution is 2.15. The molecule has 2 atom stereocenters. The third-order valence-corrected chi connectivity index (χ3v) is 5.69. The fourth-order valence-electron chi connectivity index (χ4n) is 3.23. The maximum absolute atomic E-state index is 13.1. The molecule has 1 heterocycles. The van der Waals surface area contributed by atoms with Crippen LogP contribution >= 0.6 is 15.9 Å². The summed E-state index contributed by atoms with van der Waals surface area (Å²) in [5.41, 5.74) is 2.23. The molecule has 9 heteroatoms. The molecule has 0 aliphatic carbocycles. The Hall–Kier alpha value is -3.72. The molecule has 3 N–H and O–H groups in total. The highest BCUT2D eigenvalue weighted by Gasteiger charge is 2.28. The number of carbonyl (C=O) groups excluding carboxylic acids is 2. The Morgan fingerprint density at radius 1 is 0.853 bits per heavy atom. The standard InChI is InChI=1S/C25H24BrN3O5/c26-22-19(12-7-13-27-22)15-21(24(31)32)28-23(30)20(14-17-8-3-1-4-9-17)29-25(33)34-16-18-10-5-2-6-11-18/h1-13,20-21H,14-16H2,(H,28,30)(H,29,33)(H,31,32)/t20-,21+/m0/s1. The number of pyridine rings is 1. The molecule has 3 aromatic rings. The summed E-state index contributed by atoms with van der Waals surface area (Å²) in [6, 6.07) is 19.4. The third kappa shape index (κ3) is 7.70. The zero-order valence-corrected chi connectivity index (χ0v) is 19.8. The van der Waals surface area contributed by atoms with Crippen molar-refractivity contribution in [1.82, 2.24) is 15.6 Å². The van der Waals surface area contributed by atoms with E-state index in [9.17, 15) is 19.5 Å². The quantitative estimate of drug-likeness (QED) is 0.348. The second-order valence-corrected chi connectivity index (χ2v) is 8.26. The van der Waals surface area contributed by atoms with E-state index >= 15 is 0 Å². The van der Waals surface area contributed by atoms with Gasteiger partial charge in [0.15, 0.2) is 0 Å². The van der Waals surface area contributed by atoms with Crippen LogP contribution in [0.2, 0.25) is 0 Å². The molecule has 34 heavy (non-hydrogen) atoms. The first-order valence-corrected chi connectivity index (χ1v) is 11.4. The van der Waals surface area contributed by atoms with E-state index in [-0.39, 0.29) is 19.4 Å². The molecular formula is C25H24BrN3O5. The van der Waals surface area contributed by atoms with Gasteiger partial charge in [-0.3, -0.25) is 4.79 Å². The predicted octanol–water partition coefficient (Wildman–Crippen LogP) is 3.49. The number of carbonyl (C=O) groups is 3. The number of aliphatic carboxylic acids is 1. The molecule has 0 fully saturated rings. The SMILES string of the molecule is O=C(N[C@@H](Cc1ccccc1)C(=O)N[C@H](Cc1cccnc1Br)C(=O)O)OCc1ccccc1. The number of alkyl carbamates (subject to hydrolysis) is 1. The molecule has 0 spiro atoms. The van der Waals surface area contributed by atoms with Crippen molar-refractivity contribution in [2.24, 2.45) is 0 Å². The lowest BCUT2D eigenvalue weighted by molar-refractivity contribution is -0.142. The lowest BCUT2D eigenvalue weighted by atomic mass is 10.0. The molecule has 0 saturated carbocycles. The molecule has 0 unspecified atom stereocenters. The van der Waals surface area contributed by atoms with E-state index < -0.39 is 30.1 Å². The van der Waals surface area contributed by atoms with Gasteiger partial charge in [-0.25, -0.2) is 14.6 Å². The smallest absolute Gasteiger partial charge is 0.408 e. The largest absolute Gasteiger partial charge is 0.480 e. The fourth-order valence-corrected chi connectivity index (χ4v) is 3.64. The van der Waals surface area contributed by atoms with Crippen LogP contribution in [0.1, 0.15) is 16.7 Å². The van der Waals surface area contributed by atoms with E-state index in [1.807, 2.05) is 60.7 Å². The van der Waals surface area contributed by atoms with Gasteiger partial charge in [0.1, 0.15) is 23.3 Å². The Morgan fingerprint density at radius 2 is 1.50 bits per heavy atom. The number of hydrogen-bond donors (Lipinski definition) is 3. The van der Waals surface area contributed by atoms with Crippen molar-refractivity contribution < 1.29 is 24.2 Å². The van der Waals surface area contributed by atoms with Gasteiger partial charge in [0.05, 0.1) is 0 Å². The van der Waals surface area contributed by atoms with Crippen molar-refractivity contribution in [2.45, 2.75) is 31.5 Å². The highest BCUT2D eigenvalue weighted by atomic mass is 79.9. The minimum Gasteiger partial charge on any atom is -0.480 e. The zero-order chi connectivity index (χ0) is 24.3. The zero-order valence-electron chi connectivity index (χ0n) is 18.2. The molecule has 0 aliphatic rings. The van der Waals surface area contributed by atoms with Crippen LogP contribution in [0, 0.1) is 0 Å². The maximum atomic E-state index is 13.1. The summed E-state index contributed by atoms with van der Waals surface area (Å²) in [6.07, 6.45) is 0.979. The van der Waals surface area contributed by atoms with E-state index in [4.69, 9.17) is 4.74 Å². The van der Waals surface area contributed by atoms with Crippen LogP contribution in [0.3, 0.4) is 0 Å². The van der Waals surface area contributed by atoms with Crippen LogP contribution in [-0.4, -0.2) is 40.1 Å². The number of benzene rings is 2. The van der Waals surface area contributed by atoms with Crippen LogP contribution in [0.25, 0.3) is 0 Å². The van der Waals surface area contributed by atoms with Gasteiger partial charge in [-0.15, -0.1) is 0 Å². The van der Waals surface area contributed by atoms with Crippen molar-refractivity contribution >= 4 is 33.9 Å². The number of hydrogen-bond acceptors (Lipinski definition) is 5. The predicted molar refractivity (Wildman–Crippen MR) is 129 cm³/mol. The van der Waals surface area contributed by atoms with Crippen molar-refractivity contribution in [3.8, 4) is 0 Å². The molecule has 176 valence electrons. The molecule has 0 radical (unpaired) electrons. The number of amides is 2. The Kier molecular flexibility index (Phi) is 9.16. The maximum Gasteiger partial charge on any atom is 0.408 e. The average molecular weight is 526 g/mol. The first kappa shape index (κ1) is 24.9. The lowest BCUT2D eigenvalue weighted by Gasteiger charge is -2.22. The minimum absolute atomic E-state index is 0.0198. The number of carboxylic acid groups (broad SMARTS) is 1. The van der Waals surface area contributed by atoms with Gasteiger partial charge in [0.25, 0.3) is 0 Å². The Bertz CT molecular complexity index is 1110. The van der Waals surface area contributed by atoms with E-state index in [1.54, 1.807) is 18.3 Å². The second kappa shape index (κ2) is 12.5. The van der Waals surface area contributed by atoms with Crippen molar-refractivity contribution in [2.75, 3.05) is 0 Å². The summed E-state index contributed by atoms with van der Waals surface area (Å²) in [5, 5.41) is 14.8. The second-order valence-electron chi connectivity index (χ2n) is 7.51. The van der Waals surface area contributed by atoms with Crippen molar-refractivity contribution in [1.29, 1.82) is 0 Å². The number of nitrogens with zero attached hydrogens (tertiary/aromatic N) is 1. The lowest BCUT2D eigenvalue weighted by Crippen LogP contribution is -2.53. The minimum atomic E-state index is -1.21. The molecule has 1 aromatic heterocycles. The first-order valence-electron chi connectivity index (χ1n) is 10.6. The summed E-state index contributed by atoms with van der Waals surface area (Å²) in [6.45, 7) is 0.0408. The van der Waals surface area contributed by atoms with Gasteiger partial charge in [-0.1, -0.05) is 66.7 Å². The number of rotatable bonds is 10.